The van der Waals surface area contributed by atoms with Crippen LogP contribution < -0.4 is 15.8 Å². The van der Waals surface area contributed by atoms with Gasteiger partial charge in [0.05, 0.1) is 17.7 Å². The number of ether oxygens (including phenoxy) is 1. The Morgan fingerprint density at radius 2 is 2.16 bits per heavy atom. The van der Waals surface area contributed by atoms with Gasteiger partial charge in [-0.1, -0.05) is 13.8 Å². The predicted molar refractivity (Wildman–Crippen MR) is 80.4 cm³/mol. The van der Waals surface area contributed by atoms with Crippen LogP contribution in [0.5, 0.6) is 5.75 Å². The van der Waals surface area contributed by atoms with Crippen molar-refractivity contribution in [2.24, 2.45) is 5.41 Å². The topological polar surface area (TPSA) is 64.3 Å². The quantitative estimate of drug-likeness (QED) is 0.751. The monoisotopic (exact) mass is 282 g/mol. The van der Waals surface area contributed by atoms with Gasteiger partial charge < -0.3 is 15.8 Å². The second kappa shape index (κ2) is 5.41. The molecule has 4 nitrogen and oxygen atoms in total. The van der Waals surface area contributed by atoms with E-state index in [1.165, 1.54) is 30.6 Å². The number of methoxy groups -OCH3 is 1. The van der Waals surface area contributed by atoms with E-state index < -0.39 is 0 Å². The third kappa shape index (κ3) is 2.71. The summed E-state index contributed by atoms with van der Waals surface area (Å²) in [5.74, 6) is 0.694. The zero-order valence-electron chi connectivity index (χ0n) is 11.8. The van der Waals surface area contributed by atoms with Gasteiger partial charge in [-0.3, -0.25) is 4.79 Å². The Labute approximate surface area is 118 Å². The second-order valence-electron chi connectivity index (χ2n) is 5.19. The molecular weight excluding hydrogens is 260 g/mol. The van der Waals surface area contributed by atoms with Gasteiger partial charge in [0.1, 0.15) is 5.00 Å². The van der Waals surface area contributed by atoms with E-state index in [4.69, 9.17) is 10.5 Å². The van der Waals surface area contributed by atoms with Crippen LogP contribution in [0.3, 0.4) is 0 Å². The van der Waals surface area contributed by atoms with Crippen LogP contribution in [0.15, 0.2) is 0 Å². The predicted octanol–water partition coefficient (Wildman–Crippen LogP) is 3.53. The fourth-order valence-corrected chi connectivity index (χ4v) is 3.31. The fraction of sp³-hybridized carbons (Fsp3) is 0.643. The van der Waals surface area contributed by atoms with Crippen molar-refractivity contribution in [3.63, 3.8) is 0 Å². The largest absolute Gasteiger partial charge is 0.492 e. The maximum atomic E-state index is 11.8. The van der Waals surface area contributed by atoms with E-state index in [9.17, 15) is 4.79 Å². The van der Waals surface area contributed by atoms with Crippen LogP contribution in [0.2, 0.25) is 0 Å². The van der Waals surface area contributed by atoms with Crippen LogP contribution in [0.4, 0.5) is 10.7 Å². The average Bonchev–Trinajstić information content (AvgIpc) is 3.14. The van der Waals surface area contributed by atoms with Gasteiger partial charge in [-0.25, -0.2) is 0 Å². The molecule has 0 radical (unpaired) electrons. The van der Waals surface area contributed by atoms with Gasteiger partial charge in [-0.05, 0) is 24.7 Å². The maximum absolute atomic E-state index is 11.8. The number of carbonyl (C=O) groups excluding carboxylic acids is 1. The molecule has 1 fully saturated rings. The molecule has 1 aliphatic rings. The number of hydrogen-bond donors (Lipinski definition) is 2. The van der Waals surface area contributed by atoms with E-state index in [1.54, 1.807) is 7.11 Å². The number of thiophene rings is 1. The number of nitrogens with one attached hydrogen (secondary N) is 1. The van der Waals surface area contributed by atoms with Crippen LogP contribution in [-0.4, -0.2) is 19.4 Å². The van der Waals surface area contributed by atoms with Crippen molar-refractivity contribution in [2.45, 2.75) is 39.5 Å². The van der Waals surface area contributed by atoms with Crippen molar-refractivity contribution < 1.29 is 9.53 Å². The van der Waals surface area contributed by atoms with Crippen molar-refractivity contribution >= 4 is 27.8 Å². The molecule has 0 spiro atoms. The van der Waals surface area contributed by atoms with Gasteiger partial charge in [0.2, 0.25) is 0 Å². The van der Waals surface area contributed by atoms with E-state index in [0.717, 1.165) is 11.5 Å². The Morgan fingerprint density at radius 3 is 2.63 bits per heavy atom. The van der Waals surface area contributed by atoms with Crippen LogP contribution in [0, 0.1) is 5.41 Å². The lowest BCUT2D eigenvalue weighted by Gasteiger charge is -2.14. The summed E-state index contributed by atoms with van der Waals surface area (Å²) in [5.41, 5.74) is 6.92. The lowest BCUT2D eigenvalue weighted by atomic mass is 10.0. The van der Waals surface area contributed by atoms with Gasteiger partial charge in [0.15, 0.2) is 11.5 Å². The number of hydrogen-bond acceptors (Lipinski definition) is 5. The molecule has 1 aromatic heterocycles. The first-order chi connectivity index (χ1) is 9.06. The molecule has 1 saturated carbocycles. The van der Waals surface area contributed by atoms with Gasteiger partial charge in [-0.15, -0.1) is 11.3 Å². The normalized spacial score (nSPS) is 16.2. The van der Waals surface area contributed by atoms with Gasteiger partial charge >= 0.3 is 0 Å². The number of anilines is 2. The Hall–Kier alpha value is -1.23. The van der Waals surface area contributed by atoms with Crippen LogP contribution in [0.25, 0.3) is 0 Å². The molecule has 0 saturated heterocycles. The molecule has 0 bridgehead atoms. The third-order valence-corrected chi connectivity index (χ3v) is 5.19. The van der Waals surface area contributed by atoms with E-state index in [0.29, 0.717) is 28.1 Å². The number of nitrogen functional groups attached to an aromatic ring is 1. The molecule has 1 aromatic rings. The van der Waals surface area contributed by atoms with Gasteiger partial charge in [0.25, 0.3) is 0 Å². The molecule has 0 aliphatic heterocycles. The lowest BCUT2D eigenvalue weighted by Crippen LogP contribution is -2.14. The molecule has 1 aliphatic carbocycles. The van der Waals surface area contributed by atoms with E-state index in [2.05, 4.69) is 12.2 Å². The zero-order chi connectivity index (χ0) is 14.0. The molecule has 3 N–H and O–H groups in total. The summed E-state index contributed by atoms with van der Waals surface area (Å²) >= 11 is 1.41. The minimum atomic E-state index is 0.0745. The molecule has 0 amide bonds. The summed E-state index contributed by atoms with van der Waals surface area (Å²) in [6.45, 7) is 5.00. The molecule has 5 heteroatoms. The fourth-order valence-electron chi connectivity index (χ4n) is 2.22. The van der Waals surface area contributed by atoms with Crippen LogP contribution in [-0.2, 0) is 0 Å². The molecular formula is C14H22N2O2S. The molecule has 1 heterocycles. The summed E-state index contributed by atoms with van der Waals surface area (Å²) < 4.78 is 5.34. The van der Waals surface area contributed by atoms with Crippen molar-refractivity contribution in [3.05, 3.63) is 4.88 Å². The van der Waals surface area contributed by atoms with Crippen molar-refractivity contribution in [2.75, 3.05) is 24.7 Å². The summed E-state index contributed by atoms with van der Waals surface area (Å²) in [4.78, 5) is 12.4. The first-order valence-corrected chi connectivity index (χ1v) is 7.62. The Balaban J connectivity index is 2.17. The van der Waals surface area contributed by atoms with E-state index >= 15 is 0 Å². The summed E-state index contributed by atoms with van der Waals surface area (Å²) in [5, 5.41) is 4.31. The minimum absolute atomic E-state index is 0.0745. The smallest absolute Gasteiger partial charge is 0.176 e. The minimum Gasteiger partial charge on any atom is -0.492 e. The van der Waals surface area contributed by atoms with Crippen molar-refractivity contribution in [3.8, 4) is 5.75 Å². The summed E-state index contributed by atoms with van der Waals surface area (Å²) in [7, 11) is 1.59. The first kappa shape index (κ1) is 14.2. The number of rotatable bonds is 7. The highest BCUT2D eigenvalue weighted by Crippen LogP contribution is 2.50. The summed E-state index contributed by atoms with van der Waals surface area (Å²) in [6, 6.07) is 0. The highest BCUT2D eigenvalue weighted by molar-refractivity contribution is 7.19. The SMILES string of the molecule is CCC(=O)c1sc(NCC2(CC)CC2)c(OC)c1N. The average molecular weight is 282 g/mol. The summed E-state index contributed by atoms with van der Waals surface area (Å²) in [6.07, 6.45) is 4.21. The van der Waals surface area contributed by atoms with Crippen molar-refractivity contribution in [1.82, 2.24) is 0 Å². The highest BCUT2D eigenvalue weighted by atomic mass is 32.1. The number of ketones is 1. The standard InChI is InChI=1S/C14H22N2O2S/c1-4-9(17)12-10(15)11(18-3)13(19-12)16-8-14(5-2)6-7-14/h16H,4-8,15H2,1-3H3. The van der Waals surface area contributed by atoms with E-state index in [1.807, 2.05) is 6.92 Å². The Kier molecular flexibility index (Phi) is 4.04. The molecule has 2 rings (SSSR count). The van der Waals surface area contributed by atoms with E-state index in [-0.39, 0.29) is 5.78 Å². The number of carbonyl (C=O) groups is 1. The second-order valence-corrected chi connectivity index (χ2v) is 6.21. The van der Waals surface area contributed by atoms with Crippen LogP contribution >= 0.6 is 11.3 Å². The van der Waals surface area contributed by atoms with Gasteiger partial charge in [-0.2, -0.15) is 0 Å². The molecule has 0 atom stereocenters. The third-order valence-electron chi connectivity index (χ3n) is 4.01. The Morgan fingerprint density at radius 1 is 1.47 bits per heavy atom. The number of nitrogens with two attached hydrogens (primary N) is 1. The lowest BCUT2D eigenvalue weighted by molar-refractivity contribution is 0.0992. The van der Waals surface area contributed by atoms with Gasteiger partial charge in [0, 0.05) is 13.0 Å². The zero-order valence-corrected chi connectivity index (χ0v) is 12.7. The Bertz CT molecular complexity index is 478. The molecule has 19 heavy (non-hydrogen) atoms. The molecule has 106 valence electrons. The molecule has 0 aromatic carbocycles. The number of Topliss-reactive ketones (excluding diaryl/α,β-unsaturated/α-hetero) is 1. The molecule has 0 unspecified atom stereocenters. The van der Waals surface area contributed by atoms with Crippen molar-refractivity contribution in [1.29, 1.82) is 0 Å². The van der Waals surface area contributed by atoms with Crippen LogP contribution in [0.1, 0.15) is 49.2 Å². The first-order valence-electron chi connectivity index (χ1n) is 6.80. The highest BCUT2D eigenvalue weighted by Gasteiger charge is 2.40. The maximum Gasteiger partial charge on any atom is 0.176 e.